The van der Waals surface area contributed by atoms with E-state index in [0.29, 0.717) is 45.6 Å². The number of rotatable bonds is 7. The van der Waals surface area contributed by atoms with Crippen molar-refractivity contribution in [1.29, 1.82) is 0 Å². The summed E-state index contributed by atoms with van der Waals surface area (Å²) >= 11 is 0. The fraction of sp³-hybridized carbons (Fsp3) is 0.556. The molecule has 1 aliphatic rings. The number of pyridine rings is 1. The number of amides is 3. The highest BCUT2D eigenvalue weighted by atomic mass is 16.2. The highest BCUT2D eigenvalue weighted by Crippen LogP contribution is 2.05. The van der Waals surface area contributed by atoms with Gasteiger partial charge in [0.1, 0.15) is 0 Å². The molecule has 0 unspecified atom stereocenters. The Bertz CT molecular complexity index is 583. The third-order valence-electron chi connectivity index (χ3n) is 4.33. The molecule has 0 aliphatic carbocycles. The summed E-state index contributed by atoms with van der Waals surface area (Å²) < 4.78 is 0. The number of nitrogens with one attached hydrogen (secondary N) is 1. The zero-order valence-electron chi connectivity index (χ0n) is 14.7. The van der Waals surface area contributed by atoms with Crippen LogP contribution in [-0.4, -0.2) is 65.2 Å². The summed E-state index contributed by atoms with van der Waals surface area (Å²) in [5.41, 5.74) is 1.12. The van der Waals surface area contributed by atoms with Crippen LogP contribution in [-0.2, 0) is 20.8 Å². The van der Waals surface area contributed by atoms with Gasteiger partial charge < -0.3 is 15.1 Å². The summed E-state index contributed by atoms with van der Waals surface area (Å²) in [6.07, 6.45) is 5.86. The minimum absolute atomic E-state index is 0.0267. The van der Waals surface area contributed by atoms with E-state index in [1.165, 1.54) is 0 Å². The highest BCUT2D eigenvalue weighted by Gasteiger charge is 2.21. The number of hydrogen-bond acceptors (Lipinski definition) is 4. The van der Waals surface area contributed by atoms with E-state index >= 15 is 0 Å². The molecule has 1 aromatic rings. The second kappa shape index (κ2) is 9.76. The van der Waals surface area contributed by atoms with E-state index < -0.39 is 0 Å². The van der Waals surface area contributed by atoms with Gasteiger partial charge in [-0.15, -0.1) is 0 Å². The molecule has 1 aromatic heterocycles. The van der Waals surface area contributed by atoms with Gasteiger partial charge in [0.15, 0.2) is 0 Å². The second-order valence-electron chi connectivity index (χ2n) is 6.20. The van der Waals surface area contributed by atoms with Crippen LogP contribution in [0.5, 0.6) is 0 Å². The van der Waals surface area contributed by atoms with E-state index in [1.54, 1.807) is 22.9 Å². The average molecular weight is 346 g/mol. The lowest BCUT2D eigenvalue weighted by molar-refractivity contribution is -0.138. The van der Waals surface area contributed by atoms with Gasteiger partial charge in [0.25, 0.3) is 0 Å². The molecular formula is C18H26N4O3. The number of carbonyl (C=O) groups is 3. The van der Waals surface area contributed by atoms with Crippen molar-refractivity contribution >= 4 is 17.7 Å². The Kier molecular flexibility index (Phi) is 7.37. The highest BCUT2D eigenvalue weighted by molar-refractivity contribution is 5.79. The quantitative estimate of drug-likeness (QED) is 0.784. The summed E-state index contributed by atoms with van der Waals surface area (Å²) in [6, 6.07) is 3.88. The molecule has 1 N–H and O–H groups in total. The van der Waals surface area contributed by atoms with Gasteiger partial charge in [-0.05, 0) is 24.5 Å². The fourth-order valence-corrected chi connectivity index (χ4v) is 2.83. The van der Waals surface area contributed by atoms with E-state index in [4.69, 9.17) is 0 Å². The van der Waals surface area contributed by atoms with Gasteiger partial charge >= 0.3 is 0 Å². The Morgan fingerprint density at radius 1 is 1.12 bits per heavy atom. The van der Waals surface area contributed by atoms with Crippen LogP contribution in [0.3, 0.4) is 0 Å². The zero-order valence-corrected chi connectivity index (χ0v) is 14.7. The second-order valence-corrected chi connectivity index (χ2v) is 6.20. The molecule has 2 rings (SSSR count). The predicted molar refractivity (Wildman–Crippen MR) is 93.6 cm³/mol. The van der Waals surface area contributed by atoms with E-state index in [2.05, 4.69) is 10.3 Å². The van der Waals surface area contributed by atoms with Gasteiger partial charge in [-0.1, -0.05) is 6.07 Å². The third kappa shape index (κ3) is 6.52. The molecule has 2 heterocycles. The van der Waals surface area contributed by atoms with Crippen molar-refractivity contribution in [2.45, 2.75) is 32.6 Å². The van der Waals surface area contributed by atoms with Gasteiger partial charge in [-0.3, -0.25) is 19.4 Å². The summed E-state index contributed by atoms with van der Waals surface area (Å²) in [5, 5.41) is 2.80. The zero-order chi connectivity index (χ0) is 18.1. The molecule has 0 spiro atoms. The smallest absolute Gasteiger partial charge is 0.224 e. The maximum atomic E-state index is 12.1. The number of aromatic nitrogens is 1. The van der Waals surface area contributed by atoms with Gasteiger partial charge in [-0.2, -0.15) is 0 Å². The molecule has 25 heavy (non-hydrogen) atoms. The SMILES string of the molecule is CC(=O)N1CCN(C(=O)CCNC(=O)CCCc2cccnc2)CC1. The van der Waals surface area contributed by atoms with Crippen molar-refractivity contribution < 1.29 is 14.4 Å². The maximum absolute atomic E-state index is 12.1. The molecule has 1 saturated heterocycles. The van der Waals surface area contributed by atoms with Gasteiger partial charge in [0.05, 0.1) is 0 Å². The van der Waals surface area contributed by atoms with Crippen molar-refractivity contribution in [2.75, 3.05) is 32.7 Å². The first-order valence-electron chi connectivity index (χ1n) is 8.75. The Morgan fingerprint density at radius 3 is 2.48 bits per heavy atom. The van der Waals surface area contributed by atoms with Crippen molar-refractivity contribution in [3.8, 4) is 0 Å². The number of carbonyl (C=O) groups excluding carboxylic acids is 3. The van der Waals surface area contributed by atoms with Crippen LogP contribution in [0.15, 0.2) is 24.5 Å². The van der Waals surface area contributed by atoms with E-state index in [1.807, 2.05) is 18.3 Å². The van der Waals surface area contributed by atoms with Crippen LogP contribution in [0.25, 0.3) is 0 Å². The van der Waals surface area contributed by atoms with Crippen LogP contribution >= 0.6 is 0 Å². The molecule has 0 bridgehead atoms. The van der Waals surface area contributed by atoms with E-state index in [9.17, 15) is 14.4 Å². The van der Waals surface area contributed by atoms with Crippen molar-refractivity contribution in [1.82, 2.24) is 20.1 Å². The van der Waals surface area contributed by atoms with Gasteiger partial charge in [0, 0.05) is 64.9 Å². The average Bonchev–Trinajstić information content (AvgIpc) is 2.62. The van der Waals surface area contributed by atoms with Crippen LogP contribution in [0, 0.1) is 0 Å². The van der Waals surface area contributed by atoms with Crippen molar-refractivity contribution in [3.05, 3.63) is 30.1 Å². The number of nitrogens with zero attached hydrogens (tertiary/aromatic N) is 3. The van der Waals surface area contributed by atoms with Crippen LogP contribution in [0.1, 0.15) is 31.7 Å². The lowest BCUT2D eigenvalue weighted by Crippen LogP contribution is -2.50. The first-order valence-corrected chi connectivity index (χ1v) is 8.75. The summed E-state index contributed by atoms with van der Waals surface area (Å²) in [5.74, 6) is 0.0441. The first kappa shape index (κ1) is 18.9. The Labute approximate surface area is 148 Å². The van der Waals surface area contributed by atoms with E-state index in [-0.39, 0.29) is 17.7 Å². The molecule has 0 radical (unpaired) electrons. The lowest BCUT2D eigenvalue weighted by Gasteiger charge is -2.34. The molecule has 1 fully saturated rings. The molecule has 1 aliphatic heterocycles. The minimum Gasteiger partial charge on any atom is -0.356 e. The van der Waals surface area contributed by atoms with Crippen molar-refractivity contribution in [3.63, 3.8) is 0 Å². The first-order chi connectivity index (χ1) is 12.1. The number of hydrogen-bond donors (Lipinski definition) is 1. The maximum Gasteiger partial charge on any atom is 0.224 e. The monoisotopic (exact) mass is 346 g/mol. The topological polar surface area (TPSA) is 82.6 Å². The molecule has 3 amide bonds. The molecule has 0 saturated carbocycles. The molecule has 7 nitrogen and oxygen atoms in total. The summed E-state index contributed by atoms with van der Waals surface area (Å²) in [6.45, 7) is 4.21. The largest absolute Gasteiger partial charge is 0.356 e. The van der Waals surface area contributed by atoms with Crippen molar-refractivity contribution in [2.24, 2.45) is 0 Å². The van der Waals surface area contributed by atoms with Crippen LogP contribution in [0.4, 0.5) is 0 Å². The van der Waals surface area contributed by atoms with Gasteiger partial charge in [-0.25, -0.2) is 0 Å². The molecule has 136 valence electrons. The Morgan fingerprint density at radius 2 is 1.84 bits per heavy atom. The molecule has 0 aromatic carbocycles. The van der Waals surface area contributed by atoms with Crippen LogP contribution < -0.4 is 5.32 Å². The van der Waals surface area contributed by atoms with E-state index in [0.717, 1.165) is 18.4 Å². The normalized spacial score (nSPS) is 14.3. The number of piperazine rings is 1. The molecule has 0 atom stereocenters. The lowest BCUT2D eigenvalue weighted by atomic mass is 10.1. The third-order valence-corrected chi connectivity index (χ3v) is 4.33. The molecule has 7 heteroatoms. The standard InChI is InChI=1S/C18H26N4O3/c1-15(23)21-10-12-22(13-11-21)18(25)7-9-20-17(24)6-2-4-16-5-3-8-19-14-16/h3,5,8,14H,2,4,6-7,9-13H2,1H3,(H,20,24). The Balaban J connectivity index is 1.56. The summed E-state index contributed by atoms with van der Waals surface area (Å²) in [4.78, 5) is 42.8. The summed E-state index contributed by atoms with van der Waals surface area (Å²) in [7, 11) is 0. The fourth-order valence-electron chi connectivity index (χ4n) is 2.83. The predicted octanol–water partition coefficient (Wildman–Crippen LogP) is 0.601. The van der Waals surface area contributed by atoms with Crippen LogP contribution in [0.2, 0.25) is 0 Å². The Hall–Kier alpha value is -2.44. The molecular weight excluding hydrogens is 320 g/mol. The number of aryl methyl sites for hydroxylation is 1. The minimum atomic E-state index is -0.0295. The van der Waals surface area contributed by atoms with Gasteiger partial charge in [0.2, 0.25) is 17.7 Å².